The van der Waals surface area contributed by atoms with Crippen LogP contribution in [0.25, 0.3) is 0 Å². The molecular formula is C53H85NO20. The second kappa shape index (κ2) is 30.6. The van der Waals surface area contributed by atoms with Gasteiger partial charge in [0.1, 0.15) is 24.2 Å². The monoisotopic (exact) mass is 1060 g/mol. The molecule has 0 amide bonds. The maximum Gasteiger partial charge on any atom is 0.311 e. The maximum atomic E-state index is 13.1. The van der Waals surface area contributed by atoms with Crippen molar-refractivity contribution in [1.29, 1.82) is 0 Å². The summed E-state index contributed by atoms with van der Waals surface area (Å²) in [6.45, 7) is 8.61. The maximum absolute atomic E-state index is 13.1. The van der Waals surface area contributed by atoms with Gasteiger partial charge in [0.2, 0.25) is 0 Å². The second-order valence-corrected chi connectivity index (χ2v) is 20.5. The fourth-order valence-electron chi connectivity index (χ4n) is 9.63. The predicted molar refractivity (Wildman–Crippen MR) is 267 cm³/mol. The van der Waals surface area contributed by atoms with Crippen molar-refractivity contribution in [3.63, 3.8) is 0 Å². The van der Waals surface area contributed by atoms with Crippen molar-refractivity contribution in [2.24, 2.45) is 23.5 Å². The van der Waals surface area contributed by atoms with Crippen molar-refractivity contribution < 1.29 is 99.3 Å². The summed E-state index contributed by atoms with van der Waals surface area (Å²) in [5, 5.41) is 129. The molecule has 21 nitrogen and oxygen atoms in total. The lowest BCUT2D eigenvalue weighted by atomic mass is 9.82. The lowest BCUT2D eigenvalue weighted by Crippen LogP contribution is -2.61. The number of hydrogen-bond donors (Lipinski definition) is 13. The van der Waals surface area contributed by atoms with Crippen LogP contribution in [0.1, 0.15) is 105 Å². The third-order valence-corrected chi connectivity index (χ3v) is 14.2. The van der Waals surface area contributed by atoms with Crippen molar-refractivity contribution in [3.05, 3.63) is 72.9 Å². The van der Waals surface area contributed by atoms with Gasteiger partial charge in [-0.15, -0.1) is 0 Å². The largest absolute Gasteiger partial charge is 0.481 e. The highest BCUT2D eigenvalue weighted by Gasteiger charge is 2.51. The zero-order valence-electron chi connectivity index (χ0n) is 43.1. The lowest BCUT2D eigenvalue weighted by Gasteiger charge is -2.45. The van der Waals surface area contributed by atoms with Gasteiger partial charge in [0, 0.05) is 37.5 Å². The topological polar surface area (TPSA) is 358 Å². The molecule has 3 saturated heterocycles. The average Bonchev–Trinajstić information content (AvgIpc) is 3.31. The molecule has 74 heavy (non-hydrogen) atoms. The molecular weight excluding hydrogens is 971 g/mol. The summed E-state index contributed by atoms with van der Waals surface area (Å²) < 4.78 is 35.8. The number of carboxylic acids is 1. The molecule has 0 radical (unpaired) electrons. The summed E-state index contributed by atoms with van der Waals surface area (Å²) in [7, 11) is 0. The fourth-order valence-corrected chi connectivity index (χ4v) is 9.63. The van der Waals surface area contributed by atoms with Crippen LogP contribution in [0.2, 0.25) is 0 Å². The number of carbonyl (C=O) groups is 2. The zero-order valence-corrected chi connectivity index (χ0v) is 43.1. The molecule has 4 aliphatic heterocycles. The van der Waals surface area contributed by atoms with Crippen molar-refractivity contribution in [2.45, 2.75) is 227 Å². The van der Waals surface area contributed by atoms with Gasteiger partial charge in [0.25, 0.3) is 0 Å². The number of aliphatic carboxylic acids is 1. The van der Waals surface area contributed by atoms with Gasteiger partial charge >= 0.3 is 11.9 Å². The van der Waals surface area contributed by atoms with Crippen molar-refractivity contribution in [2.75, 3.05) is 0 Å². The Kier molecular flexibility index (Phi) is 26.1. The molecule has 1 unspecified atom stereocenters. The molecule has 4 rings (SSSR count). The number of allylic oxidation sites excluding steroid dienone is 10. The van der Waals surface area contributed by atoms with Crippen molar-refractivity contribution in [3.8, 4) is 0 Å². The molecule has 3 fully saturated rings. The van der Waals surface area contributed by atoms with Crippen molar-refractivity contribution >= 4 is 11.9 Å². The summed E-state index contributed by atoms with van der Waals surface area (Å²) in [6, 6.07) is -1.16. The summed E-state index contributed by atoms with van der Waals surface area (Å²) in [5.74, 6) is -6.88. The molecule has 14 N–H and O–H groups in total. The minimum absolute atomic E-state index is 0.0208. The third-order valence-electron chi connectivity index (χ3n) is 14.2. The van der Waals surface area contributed by atoms with Crippen LogP contribution in [0.15, 0.2) is 72.9 Å². The molecule has 23 atom stereocenters. The van der Waals surface area contributed by atoms with Gasteiger partial charge in [-0.2, -0.15) is 0 Å². The highest BCUT2D eigenvalue weighted by molar-refractivity contribution is 5.71. The summed E-state index contributed by atoms with van der Waals surface area (Å²) in [6.07, 6.45) is -1.63. The van der Waals surface area contributed by atoms with Gasteiger partial charge < -0.3 is 95.4 Å². The number of esters is 1. The Morgan fingerprint density at radius 2 is 1.23 bits per heavy atom. The number of cyclic esters (lactones) is 1. The van der Waals surface area contributed by atoms with Crippen LogP contribution in [-0.2, 0) is 38.0 Å². The summed E-state index contributed by atoms with van der Waals surface area (Å²) in [5.41, 5.74) is 6.04. The van der Waals surface area contributed by atoms with Gasteiger partial charge in [-0.25, -0.2) is 0 Å². The van der Waals surface area contributed by atoms with E-state index in [1.165, 1.54) is 13.0 Å². The third kappa shape index (κ3) is 19.9. The van der Waals surface area contributed by atoms with Crippen LogP contribution in [0, 0.1) is 17.8 Å². The Labute approximate surface area is 433 Å². The number of hydrogen-bond acceptors (Lipinski definition) is 20. The number of rotatable bonds is 5. The number of carbonyl (C=O) groups excluding carboxylic acids is 1. The van der Waals surface area contributed by atoms with Gasteiger partial charge in [-0.1, -0.05) is 86.8 Å². The minimum atomic E-state index is -2.37. The molecule has 422 valence electrons. The van der Waals surface area contributed by atoms with E-state index in [-0.39, 0.29) is 44.4 Å². The number of aliphatic hydroxyl groups excluding tert-OH is 10. The highest BCUT2D eigenvalue weighted by atomic mass is 16.7. The van der Waals surface area contributed by atoms with Crippen LogP contribution in [0.3, 0.4) is 0 Å². The number of aliphatic hydroxyl groups is 11. The number of ether oxygens (including phenoxy) is 6. The van der Waals surface area contributed by atoms with Crippen molar-refractivity contribution in [1.82, 2.24) is 0 Å². The van der Waals surface area contributed by atoms with E-state index in [0.29, 0.717) is 0 Å². The number of carboxylic acid groups (broad SMARTS) is 1. The first kappa shape index (κ1) is 63.2. The smallest absolute Gasteiger partial charge is 0.311 e. The standard InChI is InChI=1S/C53H85NO20/c1-29-18-16-14-12-10-8-6-7-9-11-13-15-17-19-37(72-52-49(65)46(54)48(64)33(5)71-52)25-42-45(51(66)67)41(61)28-53(68,74-42)27-40(60)38(58)21-20-34(55)22-35(56)23-36(57)24-43(62)69-31(3)30(2)50(29)73-44-26-39(59)47(63)32(4)70-44/h6-7,9,11-19,29-42,44-50,52,55-61,63-65,68H,8,10,20-28,54H2,1-5H3,(H,66,67)/b7-6+,11-9+,14-12+,15-13+,18-16+,19-17+/t29-,30-,31-,32-,33+,34+,35+,36+,37-,38+,39+,40+,41-,42-,44?,45+,46-,47-,48+,49-,50+,52+,53+/m0/s1. The Hall–Kier alpha value is -3.30. The van der Waals surface area contributed by atoms with E-state index in [0.717, 1.165) is 12.8 Å². The molecule has 21 heteroatoms. The molecule has 0 aromatic heterocycles. The van der Waals surface area contributed by atoms with E-state index >= 15 is 0 Å². The first-order valence-electron chi connectivity index (χ1n) is 25.9. The first-order chi connectivity index (χ1) is 34.9. The quantitative estimate of drug-likeness (QED) is 0.170. The van der Waals surface area contributed by atoms with E-state index in [4.69, 9.17) is 34.2 Å². The van der Waals surface area contributed by atoms with Gasteiger partial charge in [-0.3, -0.25) is 9.59 Å². The van der Waals surface area contributed by atoms with Gasteiger partial charge in [-0.05, 0) is 59.3 Å². The van der Waals surface area contributed by atoms with Crippen LogP contribution in [0.5, 0.6) is 0 Å². The Morgan fingerprint density at radius 3 is 1.89 bits per heavy atom. The Balaban J connectivity index is 1.55. The van der Waals surface area contributed by atoms with E-state index in [2.05, 4.69) is 0 Å². The molecule has 0 aliphatic carbocycles. The van der Waals surface area contributed by atoms with Gasteiger partial charge in [0.15, 0.2) is 18.4 Å². The summed E-state index contributed by atoms with van der Waals surface area (Å²) in [4.78, 5) is 25.6. The SMILES string of the molecule is C[C@@H]1[C@H](OC2C[C@@H](O)[C@@H](O)[C@H](C)O2)[C@@H](C)/C=C/C=C/CC/C=C/C=C/C=C/C=C/[C@H](O[C@H]2O[C@H](C)[C@@H](O)[C@H](N)[C@@H]2O)C[C@@H]2O[C@](O)(C[C@@H](O)[C@H](O)CC[C@@H](O)C[C@@H](O)C[C@@H](O)CC(=O)O[C@H]1C)C[C@H](O)[C@H]2C(=O)O. The molecule has 0 spiro atoms. The highest BCUT2D eigenvalue weighted by Crippen LogP contribution is 2.38. The second-order valence-electron chi connectivity index (χ2n) is 20.5. The van der Waals surface area contributed by atoms with Crippen LogP contribution in [-0.4, -0.2) is 195 Å². The fraction of sp³-hybridized carbons (Fsp3) is 0.736. The van der Waals surface area contributed by atoms with Crippen LogP contribution < -0.4 is 5.73 Å². The molecule has 4 aliphatic rings. The van der Waals surface area contributed by atoms with Gasteiger partial charge in [0.05, 0.1) is 91.8 Å². The molecule has 0 aromatic rings. The first-order valence-corrected chi connectivity index (χ1v) is 25.9. The average molecular weight is 1060 g/mol. The molecule has 2 bridgehead atoms. The number of fused-ring (bicyclic) bond motifs is 2. The zero-order chi connectivity index (χ0) is 54.9. The summed E-state index contributed by atoms with van der Waals surface area (Å²) >= 11 is 0. The predicted octanol–water partition coefficient (Wildman–Crippen LogP) is 0.817. The lowest BCUT2D eigenvalue weighted by molar-refractivity contribution is -0.310. The van der Waals surface area contributed by atoms with E-state index in [9.17, 15) is 70.9 Å². The van der Waals surface area contributed by atoms with E-state index in [1.807, 2.05) is 56.4 Å². The Bertz CT molecular complexity index is 1870. The minimum Gasteiger partial charge on any atom is -0.481 e. The molecule has 0 saturated carbocycles. The van der Waals surface area contributed by atoms with E-state index in [1.54, 1.807) is 38.2 Å². The van der Waals surface area contributed by atoms with Crippen LogP contribution in [0.4, 0.5) is 0 Å². The Morgan fingerprint density at radius 1 is 0.635 bits per heavy atom. The van der Waals surface area contributed by atoms with E-state index < -0.39 is 165 Å². The molecule has 4 heterocycles. The van der Waals surface area contributed by atoms with Crippen LogP contribution >= 0.6 is 0 Å². The normalized spacial score (nSPS) is 46.5. The molecule has 0 aromatic carbocycles. The number of nitrogens with two attached hydrogens (primary N) is 1.